The standard InChI is InChI=1S/C9H20O2/c1-4-5-6-9(2,3)8(11)7-10/h8,10-11H,4-7H2,1-3H3/t8-/m0/s1. The van der Waals surface area contributed by atoms with Gasteiger partial charge in [-0.2, -0.15) is 0 Å². The lowest BCUT2D eigenvalue weighted by atomic mass is 9.82. The third kappa shape index (κ3) is 3.73. The number of rotatable bonds is 5. The zero-order valence-electron chi connectivity index (χ0n) is 7.80. The minimum absolute atomic E-state index is 0.128. The summed E-state index contributed by atoms with van der Waals surface area (Å²) in [6, 6.07) is 0. The normalized spacial score (nSPS) is 15.0. The van der Waals surface area contributed by atoms with E-state index in [4.69, 9.17) is 5.11 Å². The number of unbranched alkanes of at least 4 members (excludes halogenated alkanes) is 1. The Labute approximate surface area is 69.2 Å². The molecule has 0 fully saturated rings. The molecule has 2 heteroatoms. The van der Waals surface area contributed by atoms with Gasteiger partial charge in [-0.15, -0.1) is 0 Å². The van der Waals surface area contributed by atoms with Crippen molar-refractivity contribution in [2.45, 2.75) is 46.1 Å². The van der Waals surface area contributed by atoms with Gasteiger partial charge in [0.15, 0.2) is 0 Å². The summed E-state index contributed by atoms with van der Waals surface area (Å²) in [4.78, 5) is 0. The first kappa shape index (κ1) is 10.9. The van der Waals surface area contributed by atoms with Crippen LogP contribution in [0.1, 0.15) is 40.0 Å². The van der Waals surface area contributed by atoms with Gasteiger partial charge in [-0.25, -0.2) is 0 Å². The molecule has 0 heterocycles. The number of hydrogen-bond donors (Lipinski definition) is 2. The first-order valence-corrected chi connectivity index (χ1v) is 4.33. The molecule has 0 aliphatic rings. The predicted octanol–water partition coefficient (Wildman–Crippen LogP) is 1.56. The maximum absolute atomic E-state index is 9.36. The maximum Gasteiger partial charge on any atom is 0.0821 e. The number of aliphatic hydroxyl groups is 2. The van der Waals surface area contributed by atoms with Gasteiger partial charge in [0.05, 0.1) is 12.7 Å². The van der Waals surface area contributed by atoms with E-state index in [0.29, 0.717) is 0 Å². The molecular weight excluding hydrogens is 140 g/mol. The molecule has 2 N–H and O–H groups in total. The lowest BCUT2D eigenvalue weighted by molar-refractivity contribution is -0.00181. The van der Waals surface area contributed by atoms with Crippen molar-refractivity contribution in [3.63, 3.8) is 0 Å². The molecule has 68 valence electrons. The molecule has 0 spiro atoms. The molecule has 0 bridgehead atoms. The SMILES string of the molecule is CCCCC(C)(C)[C@@H](O)CO. The van der Waals surface area contributed by atoms with Crippen molar-refractivity contribution in [3.05, 3.63) is 0 Å². The molecule has 0 radical (unpaired) electrons. The van der Waals surface area contributed by atoms with Crippen LogP contribution in [0, 0.1) is 5.41 Å². The average Bonchev–Trinajstić information content (AvgIpc) is 1.99. The average molecular weight is 160 g/mol. The van der Waals surface area contributed by atoms with Crippen molar-refractivity contribution >= 4 is 0 Å². The molecule has 0 saturated heterocycles. The van der Waals surface area contributed by atoms with E-state index in [9.17, 15) is 5.11 Å². The van der Waals surface area contributed by atoms with Gasteiger partial charge < -0.3 is 10.2 Å². The first-order chi connectivity index (χ1) is 5.04. The second-order valence-electron chi connectivity index (χ2n) is 3.79. The first-order valence-electron chi connectivity index (χ1n) is 4.33. The van der Waals surface area contributed by atoms with Gasteiger partial charge in [-0.3, -0.25) is 0 Å². The summed E-state index contributed by atoms with van der Waals surface area (Å²) in [6.07, 6.45) is 2.66. The molecule has 0 rings (SSSR count). The van der Waals surface area contributed by atoms with Crippen molar-refractivity contribution in [2.24, 2.45) is 5.41 Å². The second kappa shape index (κ2) is 4.73. The fraction of sp³-hybridized carbons (Fsp3) is 1.00. The molecule has 0 aromatic carbocycles. The summed E-state index contributed by atoms with van der Waals surface area (Å²) < 4.78 is 0. The smallest absolute Gasteiger partial charge is 0.0821 e. The van der Waals surface area contributed by atoms with Gasteiger partial charge in [-0.1, -0.05) is 33.6 Å². The Kier molecular flexibility index (Phi) is 4.69. The Balaban J connectivity index is 3.77. The van der Waals surface area contributed by atoms with Crippen LogP contribution in [0.5, 0.6) is 0 Å². The quantitative estimate of drug-likeness (QED) is 0.640. The van der Waals surface area contributed by atoms with E-state index in [2.05, 4.69) is 6.92 Å². The molecule has 0 aromatic rings. The van der Waals surface area contributed by atoms with Gasteiger partial charge in [0.2, 0.25) is 0 Å². The lowest BCUT2D eigenvalue weighted by Crippen LogP contribution is -2.32. The summed E-state index contributed by atoms with van der Waals surface area (Å²) >= 11 is 0. The Morgan fingerprint density at radius 1 is 1.36 bits per heavy atom. The van der Waals surface area contributed by atoms with Crippen molar-refractivity contribution < 1.29 is 10.2 Å². The summed E-state index contributed by atoms with van der Waals surface area (Å²) in [5.74, 6) is 0. The molecule has 0 saturated carbocycles. The molecule has 0 aliphatic carbocycles. The van der Waals surface area contributed by atoms with E-state index in [1.165, 1.54) is 0 Å². The molecule has 0 unspecified atom stereocenters. The highest BCUT2D eigenvalue weighted by atomic mass is 16.3. The second-order valence-corrected chi connectivity index (χ2v) is 3.79. The molecule has 0 amide bonds. The fourth-order valence-corrected chi connectivity index (χ4v) is 1.05. The highest BCUT2D eigenvalue weighted by Gasteiger charge is 2.25. The summed E-state index contributed by atoms with van der Waals surface area (Å²) in [5, 5.41) is 18.1. The molecule has 11 heavy (non-hydrogen) atoms. The van der Waals surface area contributed by atoms with E-state index in [1.54, 1.807) is 0 Å². The van der Waals surface area contributed by atoms with Crippen molar-refractivity contribution in [2.75, 3.05) is 6.61 Å². The van der Waals surface area contributed by atoms with E-state index in [-0.39, 0.29) is 12.0 Å². The summed E-state index contributed by atoms with van der Waals surface area (Å²) in [6.45, 7) is 5.98. The third-order valence-corrected chi connectivity index (χ3v) is 2.25. The topological polar surface area (TPSA) is 40.5 Å². The zero-order chi connectivity index (χ0) is 8.91. The molecular formula is C9H20O2. The van der Waals surface area contributed by atoms with Gasteiger partial charge in [0, 0.05) is 0 Å². The molecule has 2 nitrogen and oxygen atoms in total. The Bertz CT molecular complexity index is 99.7. The number of hydrogen-bond acceptors (Lipinski definition) is 2. The predicted molar refractivity (Wildman–Crippen MR) is 46.4 cm³/mol. The highest BCUT2D eigenvalue weighted by Crippen LogP contribution is 2.27. The third-order valence-electron chi connectivity index (χ3n) is 2.25. The van der Waals surface area contributed by atoms with Crippen LogP contribution in [0.2, 0.25) is 0 Å². The van der Waals surface area contributed by atoms with E-state index in [1.807, 2.05) is 13.8 Å². The summed E-state index contributed by atoms with van der Waals surface area (Å²) in [7, 11) is 0. The van der Waals surface area contributed by atoms with Crippen LogP contribution in [0.3, 0.4) is 0 Å². The van der Waals surface area contributed by atoms with Crippen LogP contribution in [-0.2, 0) is 0 Å². The van der Waals surface area contributed by atoms with Crippen molar-refractivity contribution in [1.29, 1.82) is 0 Å². The monoisotopic (exact) mass is 160 g/mol. The van der Waals surface area contributed by atoms with E-state index < -0.39 is 6.10 Å². The Morgan fingerprint density at radius 2 is 1.91 bits per heavy atom. The van der Waals surface area contributed by atoms with Gasteiger partial charge in [0.25, 0.3) is 0 Å². The number of aliphatic hydroxyl groups excluding tert-OH is 2. The van der Waals surface area contributed by atoms with Crippen LogP contribution >= 0.6 is 0 Å². The minimum atomic E-state index is -0.575. The fourth-order valence-electron chi connectivity index (χ4n) is 1.05. The zero-order valence-corrected chi connectivity index (χ0v) is 7.80. The lowest BCUT2D eigenvalue weighted by Gasteiger charge is -2.28. The molecule has 0 aromatic heterocycles. The molecule has 1 atom stereocenters. The van der Waals surface area contributed by atoms with Gasteiger partial charge in [-0.05, 0) is 11.8 Å². The largest absolute Gasteiger partial charge is 0.394 e. The van der Waals surface area contributed by atoms with Crippen LogP contribution in [0.15, 0.2) is 0 Å². The molecule has 0 aliphatic heterocycles. The Morgan fingerprint density at radius 3 is 2.27 bits per heavy atom. The van der Waals surface area contributed by atoms with Crippen LogP contribution < -0.4 is 0 Å². The van der Waals surface area contributed by atoms with Crippen molar-refractivity contribution in [3.8, 4) is 0 Å². The van der Waals surface area contributed by atoms with Crippen LogP contribution in [0.25, 0.3) is 0 Å². The summed E-state index contributed by atoms with van der Waals surface area (Å²) in [5.41, 5.74) is -0.134. The Hall–Kier alpha value is -0.0800. The van der Waals surface area contributed by atoms with E-state index >= 15 is 0 Å². The van der Waals surface area contributed by atoms with Gasteiger partial charge >= 0.3 is 0 Å². The highest BCUT2D eigenvalue weighted by molar-refractivity contribution is 4.76. The van der Waals surface area contributed by atoms with Crippen LogP contribution in [-0.4, -0.2) is 22.9 Å². The van der Waals surface area contributed by atoms with E-state index in [0.717, 1.165) is 19.3 Å². The minimum Gasteiger partial charge on any atom is -0.394 e. The maximum atomic E-state index is 9.36. The van der Waals surface area contributed by atoms with Crippen molar-refractivity contribution in [1.82, 2.24) is 0 Å². The van der Waals surface area contributed by atoms with Gasteiger partial charge in [0.1, 0.15) is 0 Å². The van der Waals surface area contributed by atoms with Crippen LogP contribution in [0.4, 0.5) is 0 Å².